The van der Waals surface area contributed by atoms with Crippen LogP contribution in [0.15, 0.2) is 54.6 Å². The van der Waals surface area contributed by atoms with E-state index in [0.29, 0.717) is 28.9 Å². The summed E-state index contributed by atoms with van der Waals surface area (Å²) in [5.74, 6) is 0.103. The van der Waals surface area contributed by atoms with E-state index >= 15 is 0 Å². The second-order valence-electron chi connectivity index (χ2n) is 10.8. The summed E-state index contributed by atoms with van der Waals surface area (Å²) in [6.45, 7) is 8.41. The van der Waals surface area contributed by atoms with Crippen LogP contribution >= 0.6 is 0 Å². The molecule has 0 spiro atoms. The lowest BCUT2D eigenvalue weighted by Crippen LogP contribution is -2.31. The number of nitrogens with one attached hydrogen (secondary N) is 1. The van der Waals surface area contributed by atoms with Crippen LogP contribution in [0.1, 0.15) is 64.8 Å². The van der Waals surface area contributed by atoms with Crippen molar-refractivity contribution < 1.29 is 19.4 Å². The van der Waals surface area contributed by atoms with E-state index in [-0.39, 0.29) is 37.1 Å². The number of carbonyl (C=O) groups excluding carboxylic acids is 2. The maximum absolute atomic E-state index is 13.4. The number of ether oxygens (including phenoxy) is 1. The van der Waals surface area contributed by atoms with E-state index in [2.05, 4.69) is 4.98 Å². The van der Waals surface area contributed by atoms with Gasteiger partial charge in [0.25, 0.3) is 0 Å². The fourth-order valence-electron chi connectivity index (χ4n) is 4.45. The highest BCUT2D eigenvalue weighted by molar-refractivity contribution is 6.04. The standard InChI is InChI=1S/C30H34N4O4/c1-19-11-12-21-16-34(28(31)26(21)32-19)17-25(35)22-13-23(27(36)24(14-22)30(2,3)4)15-33(5)29(37)38-18-20-9-7-6-8-10-20/h6-14,31,36H,15-18H2,1-5H3. The number of aromatic nitrogens is 1. The van der Waals surface area contributed by atoms with Gasteiger partial charge in [-0.1, -0.05) is 57.2 Å². The normalized spacial score (nSPS) is 12.9. The highest BCUT2D eigenvalue weighted by Crippen LogP contribution is 2.35. The third kappa shape index (κ3) is 5.85. The zero-order chi connectivity index (χ0) is 27.6. The van der Waals surface area contributed by atoms with Crippen molar-refractivity contribution in [2.24, 2.45) is 0 Å². The molecule has 0 saturated carbocycles. The van der Waals surface area contributed by atoms with Crippen molar-refractivity contribution in [3.63, 3.8) is 0 Å². The number of benzene rings is 2. The number of Topliss-reactive ketones (excluding diaryl/α,β-unsaturated/α-hetero) is 1. The predicted molar refractivity (Wildman–Crippen MR) is 145 cm³/mol. The number of rotatable bonds is 7. The Labute approximate surface area is 223 Å². The SMILES string of the molecule is Cc1ccc2c(n1)C(=N)N(CC(=O)c1cc(CN(C)C(=O)OCc3ccccc3)c(O)c(C(C)(C)C)c1)C2. The van der Waals surface area contributed by atoms with Crippen molar-refractivity contribution in [2.75, 3.05) is 13.6 Å². The van der Waals surface area contributed by atoms with Crippen molar-refractivity contribution in [3.8, 4) is 5.75 Å². The minimum Gasteiger partial charge on any atom is -0.507 e. The quantitative estimate of drug-likeness (QED) is 0.421. The molecule has 4 rings (SSSR count). The summed E-state index contributed by atoms with van der Waals surface area (Å²) in [5, 5.41) is 19.6. The largest absolute Gasteiger partial charge is 0.507 e. The summed E-state index contributed by atoms with van der Waals surface area (Å²) >= 11 is 0. The van der Waals surface area contributed by atoms with Crippen molar-refractivity contribution in [1.82, 2.24) is 14.8 Å². The number of nitrogens with zero attached hydrogens (tertiary/aromatic N) is 3. The van der Waals surface area contributed by atoms with Crippen LogP contribution in [0.5, 0.6) is 5.75 Å². The van der Waals surface area contributed by atoms with Gasteiger partial charge in [-0.05, 0) is 36.1 Å². The first-order chi connectivity index (χ1) is 17.9. The molecule has 0 aliphatic carbocycles. The molecule has 0 fully saturated rings. The number of hydrogen-bond acceptors (Lipinski definition) is 6. The highest BCUT2D eigenvalue weighted by Gasteiger charge is 2.29. The number of aromatic hydroxyl groups is 1. The lowest BCUT2D eigenvalue weighted by Gasteiger charge is -2.25. The predicted octanol–water partition coefficient (Wildman–Crippen LogP) is 5.19. The van der Waals surface area contributed by atoms with Crippen molar-refractivity contribution in [2.45, 2.75) is 52.8 Å². The molecule has 3 aromatic rings. The van der Waals surface area contributed by atoms with E-state index in [9.17, 15) is 14.7 Å². The van der Waals surface area contributed by atoms with Crippen LogP contribution in [0.25, 0.3) is 0 Å². The second-order valence-corrected chi connectivity index (χ2v) is 10.8. The molecule has 2 heterocycles. The Morgan fingerprint density at radius 3 is 2.53 bits per heavy atom. The average molecular weight is 515 g/mol. The van der Waals surface area contributed by atoms with Crippen LogP contribution in [0, 0.1) is 12.3 Å². The van der Waals surface area contributed by atoms with Gasteiger partial charge < -0.3 is 19.6 Å². The molecule has 0 atom stereocenters. The fourth-order valence-corrected chi connectivity index (χ4v) is 4.45. The Balaban J connectivity index is 1.53. The summed E-state index contributed by atoms with van der Waals surface area (Å²) < 4.78 is 5.42. The molecule has 8 heteroatoms. The molecule has 38 heavy (non-hydrogen) atoms. The Morgan fingerprint density at radius 2 is 1.84 bits per heavy atom. The molecule has 1 aliphatic rings. The maximum Gasteiger partial charge on any atom is 0.410 e. The topological polar surface area (TPSA) is 107 Å². The van der Waals surface area contributed by atoms with Crippen molar-refractivity contribution in [1.29, 1.82) is 5.41 Å². The summed E-state index contributed by atoms with van der Waals surface area (Å²) in [4.78, 5) is 33.6. The monoisotopic (exact) mass is 514 g/mol. The Kier molecular flexibility index (Phi) is 7.53. The van der Waals surface area contributed by atoms with E-state index in [4.69, 9.17) is 10.1 Å². The number of hydrogen-bond donors (Lipinski definition) is 2. The molecular formula is C30H34N4O4. The Bertz CT molecular complexity index is 1380. The van der Waals surface area contributed by atoms with E-state index < -0.39 is 11.5 Å². The number of pyridine rings is 1. The van der Waals surface area contributed by atoms with Gasteiger partial charge in [-0.2, -0.15) is 0 Å². The van der Waals surface area contributed by atoms with Gasteiger partial charge in [-0.3, -0.25) is 10.2 Å². The van der Waals surface area contributed by atoms with Gasteiger partial charge in [0.1, 0.15) is 23.9 Å². The summed E-state index contributed by atoms with van der Waals surface area (Å²) in [7, 11) is 1.59. The lowest BCUT2D eigenvalue weighted by molar-refractivity contribution is 0.0962. The number of phenols is 1. The number of amides is 1. The first-order valence-corrected chi connectivity index (χ1v) is 12.6. The summed E-state index contributed by atoms with van der Waals surface area (Å²) in [6, 6.07) is 16.6. The average Bonchev–Trinajstić information content (AvgIpc) is 3.17. The molecule has 2 N–H and O–H groups in total. The third-order valence-electron chi connectivity index (χ3n) is 6.60. The van der Waals surface area contributed by atoms with Gasteiger partial charge in [0, 0.05) is 41.5 Å². The van der Waals surface area contributed by atoms with E-state index in [1.54, 1.807) is 24.1 Å². The third-order valence-corrected chi connectivity index (χ3v) is 6.60. The maximum atomic E-state index is 13.4. The molecule has 1 aromatic heterocycles. The first kappa shape index (κ1) is 26.9. The molecule has 1 amide bonds. The van der Waals surface area contributed by atoms with Crippen molar-refractivity contribution >= 4 is 17.7 Å². The zero-order valence-electron chi connectivity index (χ0n) is 22.5. The minimum atomic E-state index is -0.534. The van der Waals surface area contributed by atoms with Gasteiger partial charge in [0.05, 0.1) is 13.1 Å². The molecule has 0 bridgehead atoms. The Hall–Kier alpha value is -4.20. The van der Waals surface area contributed by atoms with Gasteiger partial charge in [-0.15, -0.1) is 0 Å². The molecule has 8 nitrogen and oxygen atoms in total. The number of carbonyl (C=O) groups is 2. The second kappa shape index (κ2) is 10.7. The number of fused-ring (bicyclic) bond motifs is 1. The van der Waals surface area contributed by atoms with Gasteiger partial charge in [0.2, 0.25) is 0 Å². The van der Waals surface area contributed by atoms with Crippen LogP contribution in [0.3, 0.4) is 0 Å². The highest BCUT2D eigenvalue weighted by atomic mass is 16.6. The first-order valence-electron chi connectivity index (χ1n) is 12.6. The summed E-state index contributed by atoms with van der Waals surface area (Å²) in [6.07, 6.45) is -0.534. The van der Waals surface area contributed by atoms with Gasteiger partial charge in [-0.25, -0.2) is 9.78 Å². The molecule has 2 aromatic carbocycles. The van der Waals surface area contributed by atoms with E-state index in [1.807, 2.05) is 70.2 Å². The van der Waals surface area contributed by atoms with Crippen LogP contribution in [0.2, 0.25) is 0 Å². The van der Waals surface area contributed by atoms with Crippen LogP contribution in [-0.2, 0) is 29.8 Å². The molecule has 198 valence electrons. The molecule has 0 saturated heterocycles. The van der Waals surface area contributed by atoms with E-state index in [1.165, 1.54) is 4.90 Å². The van der Waals surface area contributed by atoms with Gasteiger partial charge in [0.15, 0.2) is 5.78 Å². The smallest absolute Gasteiger partial charge is 0.410 e. The van der Waals surface area contributed by atoms with Crippen molar-refractivity contribution in [3.05, 3.63) is 93.8 Å². The molecule has 0 radical (unpaired) electrons. The molecule has 1 aliphatic heterocycles. The fraction of sp³-hybridized carbons (Fsp3) is 0.333. The lowest BCUT2D eigenvalue weighted by atomic mass is 9.83. The van der Waals surface area contributed by atoms with Crippen LogP contribution in [-0.4, -0.2) is 51.2 Å². The number of ketones is 1. The molecular weight excluding hydrogens is 480 g/mol. The van der Waals surface area contributed by atoms with Crippen LogP contribution in [0.4, 0.5) is 4.79 Å². The number of aryl methyl sites for hydroxylation is 1. The van der Waals surface area contributed by atoms with Crippen LogP contribution < -0.4 is 0 Å². The number of phenolic OH excluding ortho intramolecular Hbond substituents is 1. The number of amidine groups is 1. The minimum absolute atomic E-state index is 0.0109. The summed E-state index contributed by atoms with van der Waals surface area (Å²) in [5.41, 5.74) is 4.27. The Morgan fingerprint density at radius 1 is 1.13 bits per heavy atom. The van der Waals surface area contributed by atoms with Gasteiger partial charge >= 0.3 is 6.09 Å². The van der Waals surface area contributed by atoms with E-state index in [0.717, 1.165) is 16.8 Å². The molecule has 0 unspecified atom stereocenters. The zero-order valence-corrected chi connectivity index (χ0v) is 22.5.